The van der Waals surface area contributed by atoms with Crippen LogP contribution in [0, 0.1) is 6.92 Å². The lowest BCUT2D eigenvalue weighted by Gasteiger charge is -2.05. The van der Waals surface area contributed by atoms with Crippen molar-refractivity contribution in [3.05, 3.63) is 41.5 Å². The molecule has 1 heterocycles. The first-order valence-corrected chi connectivity index (χ1v) is 6.32. The van der Waals surface area contributed by atoms with Gasteiger partial charge in [0.05, 0.1) is 12.6 Å². The number of rotatable bonds is 2. The second-order valence-electron chi connectivity index (χ2n) is 4.70. The number of hydrogen-bond acceptors (Lipinski definition) is 1. The third-order valence-corrected chi connectivity index (χ3v) is 3.60. The van der Waals surface area contributed by atoms with Crippen molar-refractivity contribution in [2.45, 2.75) is 20.3 Å². The maximum absolute atomic E-state index is 5.51. The molecule has 0 atom stereocenters. The van der Waals surface area contributed by atoms with Gasteiger partial charge < -0.3 is 9.72 Å². The molecule has 1 aromatic heterocycles. The largest absolute Gasteiger partial charge is 0.494 e. The third kappa shape index (κ3) is 1.49. The molecule has 0 saturated heterocycles. The maximum Gasteiger partial charge on any atom is 0.145 e. The molecule has 0 amide bonds. The Morgan fingerprint density at radius 2 is 1.94 bits per heavy atom. The highest BCUT2D eigenvalue weighted by molar-refractivity contribution is 6.09. The van der Waals surface area contributed by atoms with Crippen LogP contribution < -0.4 is 4.74 Å². The molecule has 2 nitrogen and oxygen atoms in total. The van der Waals surface area contributed by atoms with Gasteiger partial charge in [0, 0.05) is 16.3 Å². The molecule has 0 saturated carbocycles. The molecule has 2 aromatic carbocycles. The fraction of sp³-hybridized carbons (Fsp3) is 0.250. The summed E-state index contributed by atoms with van der Waals surface area (Å²) in [5.74, 6) is 0.946. The quantitative estimate of drug-likeness (QED) is 0.712. The van der Waals surface area contributed by atoms with Gasteiger partial charge in [0.25, 0.3) is 0 Å². The van der Waals surface area contributed by atoms with Crippen LogP contribution in [0.25, 0.3) is 21.8 Å². The zero-order valence-corrected chi connectivity index (χ0v) is 11.0. The predicted octanol–water partition coefficient (Wildman–Crippen LogP) is 4.20. The van der Waals surface area contributed by atoms with E-state index in [0.717, 1.165) is 23.3 Å². The van der Waals surface area contributed by atoms with Crippen molar-refractivity contribution >= 4 is 21.8 Å². The summed E-state index contributed by atoms with van der Waals surface area (Å²) in [5, 5.41) is 2.52. The Balaban J connectivity index is 2.43. The minimum absolute atomic E-state index is 0.946. The van der Waals surface area contributed by atoms with Gasteiger partial charge in [-0.25, -0.2) is 0 Å². The molecule has 1 N–H and O–H groups in total. The number of hydrogen-bond donors (Lipinski definition) is 1. The maximum atomic E-state index is 5.51. The monoisotopic (exact) mass is 239 g/mol. The van der Waals surface area contributed by atoms with Crippen LogP contribution in [-0.4, -0.2) is 12.1 Å². The number of H-pyrrole nitrogens is 1. The van der Waals surface area contributed by atoms with Crippen LogP contribution >= 0.6 is 0 Å². The Morgan fingerprint density at radius 3 is 2.67 bits per heavy atom. The molecule has 0 aliphatic heterocycles. The smallest absolute Gasteiger partial charge is 0.145 e. The lowest BCUT2D eigenvalue weighted by atomic mass is 10.1. The highest BCUT2D eigenvalue weighted by atomic mass is 16.5. The lowest BCUT2D eigenvalue weighted by Crippen LogP contribution is -1.87. The predicted molar refractivity (Wildman–Crippen MR) is 76.5 cm³/mol. The van der Waals surface area contributed by atoms with Crippen LogP contribution in [0.4, 0.5) is 0 Å². The average Bonchev–Trinajstić information content (AvgIpc) is 2.76. The van der Waals surface area contributed by atoms with Crippen LogP contribution in [0.5, 0.6) is 5.75 Å². The Morgan fingerprint density at radius 1 is 1.11 bits per heavy atom. The van der Waals surface area contributed by atoms with E-state index in [1.54, 1.807) is 7.11 Å². The van der Waals surface area contributed by atoms with E-state index in [4.69, 9.17) is 4.74 Å². The minimum atomic E-state index is 0.946. The van der Waals surface area contributed by atoms with Gasteiger partial charge in [0.1, 0.15) is 5.75 Å². The zero-order chi connectivity index (χ0) is 12.7. The number of fused-ring (bicyclic) bond motifs is 3. The van der Waals surface area contributed by atoms with Gasteiger partial charge in [-0.05, 0) is 36.6 Å². The minimum Gasteiger partial charge on any atom is -0.494 e. The summed E-state index contributed by atoms with van der Waals surface area (Å²) in [4.78, 5) is 3.46. The first kappa shape index (κ1) is 11.1. The van der Waals surface area contributed by atoms with Gasteiger partial charge in [-0.2, -0.15) is 0 Å². The second kappa shape index (κ2) is 4.05. The van der Waals surface area contributed by atoms with E-state index in [-0.39, 0.29) is 0 Å². The number of methoxy groups -OCH3 is 1. The zero-order valence-electron chi connectivity index (χ0n) is 11.0. The van der Waals surface area contributed by atoms with Crippen LogP contribution in [-0.2, 0) is 6.42 Å². The summed E-state index contributed by atoms with van der Waals surface area (Å²) in [6.45, 7) is 4.25. The summed E-state index contributed by atoms with van der Waals surface area (Å²) in [7, 11) is 1.73. The molecular formula is C16H17NO. The molecule has 0 aliphatic rings. The number of aromatic nitrogens is 1. The Kier molecular flexibility index (Phi) is 2.51. The average molecular weight is 239 g/mol. The molecule has 0 bridgehead atoms. The number of aromatic amines is 1. The Labute approximate surface area is 107 Å². The van der Waals surface area contributed by atoms with Gasteiger partial charge in [-0.15, -0.1) is 0 Å². The van der Waals surface area contributed by atoms with Crippen LogP contribution in [0.15, 0.2) is 30.3 Å². The van der Waals surface area contributed by atoms with E-state index < -0.39 is 0 Å². The van der Waals surface area contributed by atoms with Crippen molar-refractivity contribution in [1.82, 2.24) is 4.98 Å². The number of nitrogens with one attached hydrogen (secondary N) is 1. The summed E-state index contributed by atoms with van der Waals surface area (Å²) < 4.78 is 5.51. The first-order valence-electron chi connectivity index (χ1n) is 6.32. The summed E-state index contributed by atoms with van der Waals surface area (Å²) in [6, 6.07) is 10.9. The van der Waals surface area contributed by atoms with E-state index in [9.17, 15) is 0 Å². The normalized spacial score (nSPS) is 11.3. The Bertz CT molecular complexity index is 725. The molecule has 92 valence electrons. The van der Waals surface area contributed by atoms with Gasteiger partial charge in [-0.1, -0.05) is 25.1 Å². The van der Waals surface area contributed by atoms with Crippen LogP contribution in [0.3, 0.4) is 0 Å². The number of benzene rings is 2. The summed E-state index contributed by atoms with van der Waals surface area (Å²) >= 11 is 0. The molecule has 18 heavy (non-hydrogen) atoms. The van der Waals surface area contributed by atoms with E-state index >= 15 is 0 Å². The summed E-state index contributed by atoms with van der Waals surface area (Å²) in [5.41, 5.74) is 4.79. The van der Waals surface area contributed by atoms with Crippen molar-refractivity contribution in [1.29, 1.82) is 0 Å². The van der Waals surface area contributed by atoms with Crippen molar-refractivity contribution in [3.8, 4) is 5.75 Å². The molecule has 3 rings (SSSR count). The SMILES string of the molecule is CCc1ccc2[nH]c3c(OC)c(C)ccc3c2c1. The van der Waals surface area contributed by atoms with Crippen molar-refractivity contribution in [2.75, 3.05) is 7.11 Å². The van der Waals surface area contributed by atoms with Gasteiger partial charge in [0.2, 0.25) is 0 Å². The molecule has 0 fully saturated rings. The third-order valence-electron chi connectivity index (χ3n) is 3.60. The Hall–Kier alpha value is -1.96. The molecular weight excluding hydrogens is 222 g/mol. The first-order chi connectivity index (χ1) is 8.74. The molecule has 2 heteroatoms. The highest BCUT2D eigenvalue weighted by Crippen LogP contribution is 2.34. The van der Waals surface area contributed by atoms with Crippen molar-refractivity contribution in [3.63, 3.8) is 0 Å². The van der Waals surface area contributed by atoms with E-state index in [1.165, 1.54) is 21.9 Å². The topological polar surface area (TPSA) is 25.0 Å². The van der Waals surface area contributed by atoms with E-state index in [1.807, 2.05) is 0 Å². The fourth-order valence-corrected chi connectivity index (χ4v) is 2.58. The van der Waals surface area contributed by atoms with Gasteiger partial charge in [-0.3, -0.25) is 0 Å². The van der Waals surface area contributed by atoms with Crippen LogP contribution in [0.1, 0.15) is 18.1 Å². The lowest BCUT2D eigenvalue weighted by molar-refractivity contribution is 0.416. The molecule has 0 radical (unpaired) electrons. The highest BCUT2D eigenvalue weighted by Gasteiger charge is 2.10. The van der Waals surface area contributed by atoms with Crippen molar-refractivity contribution in [2.24, 2.45) is 0 Å². The van der Waals surface area contributed by atoms with E-state index in [0.29, 0.717) is 0 Å². The summed E-state index contributed by atoms with van der Waals surface area (Å²) in [6.07, 6.45) is 1.06. The van der Waals surface area contributed by atoms with Gasteiger partial charge >= 0.3 is 0 Å². The second-order valence-corrected chi connectivity index (χ2v) is 4.70. The van der Waals surface area contributed by atoms with Gasteiger partial charge in [0.15, 0.2) is 0 Å². The van der Waals surface area contributed by atoms with E-state index in [2.05, 4.69) is 49.2 Å². The molecule has 0 spiro atoms. The van der Waals surface area contributed by atoms with Crippen molar-refractivity contribution < 1.29 is 4.74 Å². The standard InChI is InChI=1S/C16H17NO/c1-4-11-6-8-14-13(9-11)12-7-5-10(2)16(18-3)15(12)17-14/h5-9,17H,4H2,1-3H3. The number of aryl methyl sites for hydroxylation is 2. The number of ether oxygens (including phenoxy) is 1. The fourth-order valence-electron chi connectivity index (χ4n) is 2.58. The molecule has 0 aliphatic carbocycles. The van der Waals surface area contributed by atoms with Crippen LogP contribution in [0.2, 0.25) is 0 Å². The molecule has 3 aromatic rings. The molecule has 0 unspecified atom stereocenters.